The third-order valence-corrected chi connectivity index (χ3v) is 0.806. The maximum Gasteiger partial charge on any atom is 0.195 e. The Morgan fingerprint density at radius 1 is 1.90 bits per heavy atom. The summed E-state index contributed by atoms with van der Waals surface area (Å²) in [4.78, 5) is 0. The van der Waals surface area contributed by atoms with E-state index < -0.39 is 6.04 Å². The summed E-state index contributed by atoms with van der Waals surface area (Å²) in [6.07, 6.45) is 4.25. The minimum atomic E-state index is -0.430. The topological polar surface area (TPSA) is 82.1 Å². The molecule has 1 unspecified atom stereocenters. The van der Waals surface area contributed by atoms with Crippen LogP contribution in [0.5, 0.6) is 0 Å². The van der Waals surface area contributed by atoms with Crippen molar-refractivity contribution in [2.24, 2.45) is 5.73 Å². The second-order valence-electron chi connectivity index (χ2n) is 1.60. The normalized spacial score (nSPS) is 13.4. The monoisotopic (exact) mass is 139 g/mol. The summed E-state index contributed by atoms with van der Waals surface area (Å²) < 4.78 is 0. The molecule has 0 rings (SSSR count). The quantitative estimate of drug-likeness (QED) is 0.222. The molecular formula is C6H9N3O. The van der Waals surface area contributed by atoms with E-state index in [1.165, 1.54) is 18.3 Å². The fraction of sp³-hybridized carbons (Fsp3) is 0.167. The number of nitrogens with two attached hydrogens (primary N) is 1. The predicted molar refractivity (Wildman–Crippen MR) is 37.6 cm³/mol. The number of nitriles is 1. The van der Waals surface area contributed by atoms with Gasteiger partial charge in [-0.1, -0.05) is 6.08 Å². The first-order valence-corrected chi connectivity index (χ1v) is 2.64. The van der Waals surface area contributed by atoms with Crippen molar-refractivity contribution in [2.45, 2.75) is 6.04 Å². The molecule has 0 aliphatic rings. The largest absolute Gasteiger partial charge is 0.494 e. The molecule has 54 valence electrons. The second-order valence-corrected chi connectivity index (χ2v) is 1.60. The fourth-order valence-electron chi connectivity index (χ4n) is 0.349. The maximum absolute atomic E-state index is 8.75. The van der Waals surface area contributed by atoms with Gasteiger partial charge in [0.25, 0.3) is 0 Å². The van der Waals surface area contributed by atoms with Crippen LogP contribution in [0.25, 0.3) is 0 Å². The number of aliphatic hydroxyl groups excluding tert-OH is 1. The van der Waals surface area contributed by atoms with Crippen LogP contribution < -0.4 is 11.1 Å². The summed E-state index contributed by atoms with van der Waals surface area (Å²) >= 11 is 0. The maximum atomic E-state index is 8.75. The van der Waals surface area contributed by atoms with Gasteiger partial charge < -0.3 is 10.8 Å². The zero-order valence-electron chi connectivity index (χ0n) is 5.41. The van der Waals surface area contributed by atoms with Gasteiger partial charge in [-0.15, -0.1) is 6.58 Å². The Morgan fingerprint density at radius 2 is 2.50 bits per heavy atom. The van der Waals surface area contributed by atoms with Gasteiger partial charge in [-0.2, -0.15) is 5.26 Å². The average molecular weight is 139 g/mol. The second kappa shape index (κ2) is 4.41. The summed E-state index contributed by atoms with van der Waals surface area (Å²) in [5.41, 5.74) is 5.30. The van der Waals surface area contributed by atoms with Crippen molar-refractivity contribution in [1.29, 1.82) is 5.26 Å². The minimum Gasteiger partial charge on any atom is -0.494 e. The van der Waals surface area contributed by atoms with Gasteiger partial charge in [0.1, 0.15) is 0 Å². The molecule has 0 aromatic rings. The van der Waals surface area contributed by atoms with Gasteiger partial charge in [0.15, 0.2) is 12.1 Å². The summed E-state index contributed by atoms with van der Waals surface area (Å²) in [7, 11) is 0. The number of hydrogen-bond donors (Lipinski definition) is 3. The van der Waals surface area contributed by atoms with Crippen LogP contribution in [0.1, 0.15) is 0 Å². The molecule has 0 spiro atoms. The highest BCUT2D eigenvalue weighted by molar-refractivity contribution is 5.05. The third kappa shape index (κ3) is 3.52. The van der Waals surface area contributed by atoms with E-state index in [1.54, 1.807) is 0 Å². The van der Waals surface area contributed by atoms with Crippen LogP contribution >= 0.6 is 0 Å². The molecule has 0 aromatic carbocycles. The zero-order chi connectivity index (χ0) is 7.98. The first-order chi connectivity index (χ1) is 4.70. The highest BCUT2D eigenvalue weighted by atomic mass is 16.3. The van der Waals surface area contributed by atoms with E-state index in [9.17, 15) is 0 Å². The molecule has 0 radical (unpaired) electrons. The van der Waals surface area contributed by atoms with Crippen LogP contribution in [0.3, 0.4) is 0 Å². The number of nitrogens with one attached hydrogen (secondary N) is 1. The molecule has 0 heterocycles. The van der Waals surface area contributed by atoms with Gasteiger partial charge in [0.05, 0.1) is 0 Å². The van der Waals surface area contributed by atoms with Crippen molar-refractivity contribution in [3.8, 4) is 6.19 Å². The van der Waals surface area contributed by atoms with Gasteiger partial charge in [-0.05, 0) is 6.08 Å². The molecule has 0 aromatic heterocycles. The number of rotatable bonds is 3. The Balaban J connectivity index is 3.91. The van der Waals surface area contributed by atoms with Crippen molar-refractivity contribution in [2.75, 3.05) is 0 Å². The summed E-state index contributed by atoms with van der Waals surface area (Å²) in [6, 6.07) is -0.430. The Morgan fingerprint density at radius 3 is 2.90 bits per heavy atom. The molecule has 0 amide bonds. The molecule has 10 heavy (non-hydrogen) atoms. The summed E-state index contributed by atoms with van der Waals surface area (Å²) in [6.45, 7) is 3.38. The molecule has 4 nitrogen and oxygen atoms in total. The Labute approximate surface area is 59.3 Å². The van der Waals surface area contributed by atoms with Gasteiger partial charge >= 0.3 is 0 Å². The number of nitrogens with zero attached hydrogens (tertiary/aromatic N) is 1. The van der Waals surface area contributed by atoms with Crippen molar-refractivity contribution in [1.82, 2.24) is 5.32 Å². The van der Waals surface area contributed by atoms with Gasteiger partial charge in [-0.25, -0.2) is 0 Å². The summed E-state index contributed by atoms with van der Waals surface area (Å²) in [5.74, 6) is -0.255. The van der Waals surface area contributed by atoms with E-state index in [0.29, 0.717) is 0 Å². The van der Waals surface area contributed by atoms with E-state index in [1.807, 2.05) is 5.32 Å². The molecule has 1 atom stereocenters. The molecule has 0 aliphatic carbocycles. The lowest BCUT2D eigenvalue weighted by Crippen LogP contribution is -2.16. The molecular weight excluding hydrogens is 130 g/mol. The lowest BCUT2D eigenvalue weighted by Gasteiger charge is -1.98. The Kier molecular flexibility index (Phi) is 3.76. The van der Waals surface area contributed by atoms with Crippen LogP contribution in [-0.2, 0) is 0 Å². The van der Waals surface area contributed by atoms with Crippen LogP contribution in [0, 0.1) is 11.5 Å². The van der Waals surface area contributed by atoms with E-state index >= 15 is 0 Å². The molecule has 4 N–H and O–H groups in total. The van der Waals surface area contributed by atoms with Gasteiger partial charge in [0.2, 0.25) is 0 Å². The van der Waals surface area contributed by atoms with Crippen LogP contribution in [0.4, 0.5) is 0 Å². The van der Waals surface area contributed by atoms with E-state index in [2.05, 4.69) is 6.58 Å². The van der Waals surface area contributed by atoms with E-state index in [4.69, 9.17) is 16.1 Å². The van der Waals surface area contributed by atoms with Crippen LogP contribution in [-0.4, -0.2) is 11.1 Å². The standard InChI is InChI=1S/C6H9N3O/c1-2-5(8)3-6(10)9-4-7/h2-3,5,9-10H,1,8H2/b6-3+. The van der Waals surface area contributed by atoms with E-state index in [-0.39, 0.29) is 5.88 Å². The fourth-order valence-corrected chi connectivity index (χ4v) is 0.349. The van der Waals surface area contributed by atoms with Crippen molar-refractivity contribution in [3.63, 3.8) is 0 Å². The Hall–Kier alpha value is -1.47. The molecule has 0 saturated carbocycles. The average Bonchev–Trinajstić information content (AvgIpc) is 1.88. The molecule has 0 fully saturated rings. The smallest absolute Gasteiger partial charge is 0.195 e. The highest BCUT2D eigenvalue weighted by Gasteiger charge is 1.92. The number of hydrogen-bond acceptors (Lipinski definition) is 4. The van der Waals surface area contributed by atoms with Gasteiger partial charge in [-0.3, -0.25) is 5.32 Å². The van der Waals surface area contributed by atoms with Crippen LogP contribution in [0.2, 0.25) is 0 Å². The minimum absolute atomic E-state index is 0.255. The van der Waals surface area contributed by atoms with Crippen molar-refractivity contribution >= 4 is 0 Å². The number of aliphatic hydroxyl groups is 1. The lowest BCUT2D eigenvalue weighted by atomic mass is 10.3. The third-order valence-electron chi connectivity index (χ3n) is 0.806. The van der Waals surface area contributed by atoms with Crippen molar-refractivity contribution in [3.05, 3.63) is 24.6 Å². The molecule has 0 bridgehead atoms. The first kappa shape index (κ1) is 8.53. The summed E-state index contributed by atoms with van der Waals surface area (Å²) in [5, 5.41) is 18.7. The lowest BCUT2D eigenvalue weighted by molar-refractivity contribution is 0.381. The molecule has 4 heteroatoms. The molecule has 0 aliphatic heterocycles. The molecule has 0 saturated heterocycles. The van der Waals surface area contributed by atoms with Crippen molar-refractivity contribution < 1.29 is 5.11 Å². The highest BCUT2D eigenvalue weighted by Crippen LogP contribution is 1.86. The van der Waals surface area contributed by atoms with E-state index in [0.717, 1.165) is 0 Å². The zero-order valence-corrected chi connectivity index (χ0v) is 5.41. The van der Waals surface area contributed by atoms with Gasteiger partial charge in [0, 0.05) is 6.04 Å². The van der Waals surface area contributed by atoms with Crippen LogP contribution in [0.15, 0.2) is 24.6 Å². The SMILES string of the molecule is C=CC(N)/C=C(/O)NC#N. The Bertz CT molecular complexity index is 180. The predicted octanol–water partition coefficient (Wildman–Crippen LogP) is -0.0302. The first-order valence-electron chi connectivity index (χ1n) is 2.64.